The average molecular weight is 392 g/mol. The molecule has 1 rings (SSSR count). The van der Waals surface area contributed by atoms with Crippen LogP contribution in [0.25, 0.3) is 10.4 Å². The number of benzene rings is 1. The molecule has 0 bridgehead atoms. The van der Waals surface area contributed by atoms with E-state index in [9.17, 15) is 29.3 Å². The molecule has 0 fully saturated rings. The number of nitro benzene ring substituents is 1. The number of nitrogens with zero attached hydrogens (tertiary/aromatic N) is 4. The number of nitrogens with one attached hydrogen (secondary N) is 1. The van der Waals surface area contributed by atoms with Crippen LogP contribution in [0, 0.1) is 10.1 Å². The second kappa shape index (κ2) is 10.2. The van der Waals surface area contributed by atoms with Gasteiger partial charge in [0.05, 0.1) is 17.4 Å². The normalized spacial score (nSPS) is 11.0. The number of amides is 2. The van der Waals surface area contributed by atoms with E-state index in [0.717, 1.165) is 12.1 Å². The fourth-order valence-corrected chi connectivity index (χ4v) is 2.22. The maximum absolute atomic E-state index is 12.4. The number of nitro groups is 1. The van der Waals surface area contributed by atoms with Gasteiger partial charge in [-0.2, -0.15) is 0 Å². The summed E-state index contributed by atoms with van der Waals surface area (Å²) in [4.78, 5) is 59.0. The van der Waals surface area contributed by atoms with E-state index in [1.165, 1.54) is 6.07 Å². The van der Waals surface area contributed by atoms with Gasteiger partial charge < -0.3 is 16.2 Å². The lowest BCUT2D eigenvalue weighted by Crippen LogP contribution is -2.41. The highest BCUT2D eigenvalue weighted by molar-refractivity contribution is 6.01. The van der Waals surface area contributed by atoms with Crippen molar-refractivity contribution < 1.29 is 29.2 Å². The van der Waals surface area contributed by atoms with Crippen LogP contribution in [0.15, 0.2) is 23.3 Å². The summed E-state index contributed by atoms with van der Waals surface area (Å²) in [6.07, 6.45) is -1.34. The summed E-state index contributed by atoms with van der Waals surface area (Å²) in [5.41, 5.74) is 12.3. The summed E-state index contributed by atoms with van der Waals surface area (Å²) in [5.74, 6) is -3.62. The molecule has 1 aromatic rings. The van der Waals surface area contributed by atoms with Gasteiger partial charge in [0.1, 0.15) is 5.56 Å². The maximum atomic E-state index is 12.4. The fourth-order valence-electron chi connectivity index (χ4n) is 2.22. The summed E-state index contributed by atoms with van der Waals surface area (Å²) in [6.45, 7) is 0. The van der Waals surface area contributed by atoms with Crippen molar-refractivity contribution in [2.75, 3.05) is 0 Å². The Hall–Kier alpha value is -3.99. The van der Waals surface area contributed by atoms with Crippen molar-refractivity contribution in [2.24, 2.45) is 10.8 Å². The minimum Gasteiger partial charge on any atom is -0.481 e. The molecule has 4 N–H and O–H groups in total. The molecule has 0 heterocycles. The standard InChI is InChI=1S/C15H16N6O7/c16-13(23)5-3-10(12(22)4-6-14(24)25)18-15(26)9-2-1-8(19-20-17)7-11(9)21(27)28/h1-2,7,10H,3-6H2,(H2,16,23)(H,18,26)(H,24,25). The predicted molar refractivity (Wildman–Crippen MR) is 93.5 cm³/mol. The predicted octanol–water partition coefficient (Wildman–Crippen LogP) is 1.33. The van der Waals surface area contributed by atoms with Crippen LogP contribution in [-0.4, -0.2) is 39.6 Å². The maximum Gasteiger partial charge on any atom is 0.303 e. The molecule has 1 atom stereocenters. The van der Waals surface area contributed by atoms with Gasteiger partial charge in [0, 0.05) is 29.5 Å². The molecule has 0 aliphatic heterocycles. The minimum absolute atomic E-state index is 0.0893. The topological polar surface area (TPSA) is 218 Å². The number of nitrogens with two attached hydrogens (primary N) is 1. The van der Waals surface area contributed by atoms with E-state index in [2.05, 4.69) is 15.3 Å². The number of azide groups is 1. The number of aliphatic carboxylic acids is 1. The van der Waals surface area contributed by atoms with Crippen LogP contribution in [0.1, 0.15) is 36.0 Å². The first-order valence-electron chi connectivity index (χ1n) is 7.83. The van der Waals surface area contributed by atoms with Crippen LogP contribution in [0.2, 0.25) is 0 Å². The van der Waals surface area contributed by atoms with E-state index in [0.29, 0.717) is 0 Å². The lowest BCUT2D eigenvalue weighted by Gasteiger charge is -2.17. The van der Waals surface area contributed by atoms with Crippen molar-refractivity contribution in [2.45, 2.75) is 31.7 Å². The summed E-state index contributed by atoms with van der Waals surface area (Å²) >= 11 is 0. The number of hydrogen-bond acceptors (Lipinski definition) is 7. The third-order valence-corrected chi connectivity index (χ3v) is 3.54. The SMILES string of the molecule is [N-]=[N+]=Nc1ccc(C(=O)NC(CCC(N)=O)C(=O)CCC(=O)O)c([N+](=O)[O-])c1. The van der Waals surface area contributed by atoms with Crippen molar-refractivity contribution in [3.8, 4) is 0 Å². The number of hydrogen-bond donors (Lipinski definition) is 3. The van der Waals surface area contributed by atoms with Gasteiger partial charge in [-0.15, -0.1) is 0 Å². The Morgan fingerprint density at radius 1 is 1.29 bits per heavy atom. The Bertz CT molecular complexity index is 862. The summed E-state index contributed by atoms with van der Waals surface area (Å²) in [5, 5.41) is 25.3. The number of carbonyl (C=O) groups is 4. The second-order valence-corrected chi connectivity index (χ2v) is 5.54. The zero-order chi connectivity index (χ0) is 21.3. The van der Waals surface area contributed by atoms with E-state index in [1.54, 1.807) is 0 Å². The van der Waals surface area contributed by atoms with Gasteiger partial charge in [0.15, 0.2) is 5.78 Å². The number of rotatable bonds is 11. The Balaban J connectivity index is 3.10. The van der Waals surface area contributed by atoms with Gasteiger partial charge in [0.2, 0.25) is 5.91 Å². The molecule has 0 saturated carbocycles. The third kappa shape index (κ3) is 6.72. The van der Waals surface area contributed by atoms with Crippen LogP contribution >= 0.6 is 0 Å². The summed E-state index contributed by atoms with van der Waals surface area (Å²) in [7, 11) is 0. The van der Waals surface area contributed by atoms with E-state index in [1.807, 2.05) is 0 Å². The quantitative estimate of drug-likeness (QED) is 0.165. The van der Waals surface area contributed by atoms with Gasteiger partial charge in [-0.1, -0.05) is 11.2 Å². The molecule has 0 aliphatic rings. The Kier molecular flexibility index (Phi) is 8.06. The van der Waals surface area contributed by atoms with Crippen LogP contribution in [-0.2, 0) is 14.4 Å². The number of primary amides is 1. The van der Waals surface area contributed by atoms with E-state index >= 15 is 0 Å². The number of ketones is 1. The van der Waals surface area contributed by atoms with Crippen LogP contribution < -0.4 is 11.1 Å². The zero-order valence-electron chi connectivity index (χ0n) is 14.4. The lowest BCUT2D eigenvalue weighted by molar-refractivity contribution is -0.385. The van der Waals surface area contributed by atoms with E-state index < -0.39 is 58.6 Å². The molecular formula is C15H16N6O7. The highest BCUT2D eigenvalue weighted by Crippen LogP contribution is 2.25. The second-order valence-electron chi connectivity index (χ2n) is 5.54. The van der Waals surface area contributed by atoms with E-state index in [4.69, 9.17) is 16.4 Å². The number of carbonyl (C=O) groups excluding carboxylic acids is 3. The molecular weight excluding hydrogens is 376 g/mol. The molecule has 2 amide bonds. The molecule has 0 aliphatic carbocycles. The van der Waals surface area contributed by atoms with Gasteiger partial charge in [-0.3, -0.25) is 29.3 Å². The number of carboxylic acid groups (broad SMARTS) is 1. The van der Waals surface area contributed by atoms with Crippen LogP contribution in [0.5, 0.6) is 0 Å². The Morgan fingerprint density at radius 2 is 1.96 bits per heavy atom. The average Bonchev–Trinajstić information content (AvgIpc) is 2.62. The first-order chi connectivity index (χ1) is 13.1. The van der Waals surface area contributed by atoms with Crippen LogP contribution in [0.4, 0.5) is 11.4 Å². The largest absolute Gasteiger partial charge is 0.481 e. The van der Waals surface area contributed by atoms with E-state index in [-0.39, 0.29) is 18.5 Å². The highest BCUT2D eigenvalue weighted by Gasteiger charge is 2.26. The first-order valence-corrected chi connectivity index (χ1v) is 7.83. The highest BCUT2D eigenvalue weighted by atomic mass is 16.6. The molecule has 13 heteroatoms. The lowest BCUT2D eigenvalue weighted by atomic mass is 10.0. The molecule has 13 nitrogen and oxygen atoms in total. The minimum atomic E-state index is -1.25. The first kappa shape index (κ1) is 22.1. The third-order valence-electron chi connectivity index (χ3n) is 3.54. The molecule has 0 radical (unpaired) electrons. The Morgan fingerprint density at radius 3 is 2.50 bits per heavy atom. The smallest absolute Gasteiger partial charge is 0.303 e. The molecule has 0 spiro atoms. The summed E-state index contributed by atoms with van der Waals surface area (Å²) in [6, 6.07) is 1.85. The molecule has 1 unspecified atom stereocenters. The van der Waals surface area contributed by atoms with Gasteiger partial charge in [-0.05, 0) is 18.0 Å². The number of carboxylic acids is 1. The van der Waals surface area contributed by atoms with Crippen molar-refractivity contribution in [1.29, 1.82) is 0 Å². The fraction of sp³-hybridized carbons (Fsp3) is 0.333. The number of Topliss-reactive ketones (excluding diaryl/α,β-unsaturated/α-hetero) is 1. The summed E-state index contributed by atoms with van der Waals surface area (Å²) < 4.78 is 0. The van der Waals surface area contributed by atoms with Gasteiger partial charge >= 0.3 is 5.97 Å². The Labute approximate surface area is 157 Å². The molecule has 28 heavy (non-hydrogen) atoms. The van der Waals surface area contributed by atoms with Gasteiger partial charge in [0.25, 0.3) is 11.6 Å². The van der Waals surface area contributed by atoms with Crippen molar-refractivity contribution in [3.05, 3.63) is 44.3 Å². The molecule has 0 aromatic heterocycles. The van der Waals surface area contributed by atoms with Crippen molar-refractivity contribution in [1.82, 2.24) is 5.32 Å². The molecule has 0 saturated heterocycles. The van der Waals surface area contributed by atoms with Crippen molar-refractivity contribution in [3.63, 3.8) is 0 Å². The van der Waals surface area contributed by atoms with Gasteiger partial charge in [-0.25, -0.2) is 0 Å². The molecule has 148 valence electrons. The monoisotopic (exact) mass is 392 g/mol. The zero-order valence-corrected chi connectivity index (χ0v) is 14.4. The van der Waals surface area contributed by atoms with Crippen LogP contribution in [0.3, 0.4) is 0 Å². The van der Waals surface area contributed by atoms with Crippen molar-refractivity contribution >= 4 is 34.9 Å². The molecule has 1 aromatic carbocycles.